The summed E-state index contributed by atoms with van der Waals surface area (Å²) >= 11 is 0. The molecule has 2 amide bonds. The number of aryl methyl sites for hydroxylation is 2. The number of fused-ring (bicyclic) bond motifs is 1. The minimum atomic E-state index is -0.488. The molecular formula is C27H29N5O3. The van der Waals surface area contributed by atoms with E-state index < -0.39 is 5.69 Å². The Balaban J connectivity index is 1.40. The van der Waals surface area contributed by atoms with Gasteiger partial charge in [0.05, 0.1) is 5.56 Å². The summed E-state index contributed by atoms with van der Waals surface area (Å²) in [5, 5.41) is 9.87. The molecule has 0 unspecified atom stereocenters. The third-order valence-electron chi connectivity index (χ3n) is 5.76. The van der Waals surface area contributed by atoms with Crippen LogP contribution in [0.1, 0.15) is 46.8 Å². The quantitative estimate of drug-likeness (QED) is 0.389. The van der Waals surface area contributed by atoms with Crippen LogP contribution in [0, 0.1) is 6.92 Å². The Labute approximate surface area is 203 Å². The highest BCUT2D eigenvalue weighted by Crippen LogP contribution is 2.12. The van der Waals surface area contributed by atoms with E-state index in [4.69, 9.17) is 0 Å². The number of amides is 2. The smallest absolute Gasteiger partial charge is 0.348 e. The van der Waals surface area contributed by atoms with E-state index in [1.807, 2.05) is 55.5 Å². The highest BCUT2D eigenvalue weighted by Gasteiger charge is 2.14. The molecule has 0 saturated carbocycles. The van der Waals surface area contributed by atoms with E-state index in [0.717, 1.165) is 35.1 Å². The van der Waals surface area contributed by atoms with Crippen molar-refractivity contribution >= 4 is 23.1 Å². The third-order valence-corrected chi connectivity index (χ3v) is 5.76. The minimum absolute atomic E-state index is 0.229. The maximum Gasteiger partial charge on any atom is 0.350 e. The van der Waals surface area contributed by atoms with Crippen LogP contribution in [0.3, 0.4) is 0 Å². The molecule has 0 fully saturated rings. The molecule has 4 rings (SSSR count). The van der Waals surface area contributed by atoms with Crippen molar-refractivity contribution in [1.29, 1.82) is 0 Å². The van der Waals surface area contributed by atoms with Gasteiger partial charge in [0.25, 0.3) is 5.91 Å². The molecule has 0 aliphatic carbocycles. The fraction of sp³-hybridized carbons (Fsp3) is 0.259. The van der Waals surface area contributed by atoms with Crippen LogP contribution in [-0.2, 0) is 24.3 Å². The van der Waals surface area contributed by atoms with E-state index in [0.29, 0.717) is 23.4 Å². The van der Waals surface area contributed by atoms with Crippen LogP contribution in [0.25, 0.3) is 5.65 Å². The van der Waals surface area contributed by atoms with Gasteiger partial charge < -0.3 is 10.6 Å². The maximum atomic E-state index is 12.8. The predicted octanol–water partition coefficient (Wildman–Crippen LogP) is 3.72. The molecule has 180 valence electrons. The Morgan fingerprint density at radius 1 is 0.943 bits per heavy atom. The largest absolute Gasteiger partial charge is 0.350 e. The van der Waals surface area contributed by atoms with Crippen LogP contribution in [0.15, 0.2) is 71.7 Å². The third kappa shape index (κ3) is 6.03. The van der Waals surface area contributed by atoms with Crippen molar-refractivity contribution in [2.24, 2.45) is 0 Å². The van der Waals surface area contributed by atoms with Gasteiger partial charge in [0, 0.05) is 18.4 Å². The first-order chi connectivity index (χ1) is 16.9. The Morgan fingerprint density at radius 2 is 1.66 bits per heavy atom. The summed E-state index contributed by atoms with van der Waals surface area (Å²) in [6.45, 7) is 4.31. The van der Waals surface area contributed by atoms with E-state index in [1.165, 1.54) is 16.2 Å². The lowest BCUT2D eigenvalue weighted by Gasteiger charge is -2.06. The lowest BCUT2D eigenvalue weighted by Crippen LogP contribution is -2.28. The number of carbonyl (C=O) groups excluding carboxylic acids is 2. The van der Waals surface area contributed by atoms with Crippen molar-refractivity contribution in [1.82, 2.24) is 19.5 Å². The van der Waals surface area contributed by atoms with Crippen LogP contribution in [-0.4, -0.2) is 26.0 Å². The van der Waals surface area contributed by atoms with Gasteiger partial charge in [-0.15, -0.1) is 5.10 Å². The zero-order chi connectivity index (χ0) is 24.8. The minimum Gasteiger partial charge on any atom is -0.348 e. The molecule has 2 N–H and O–H groups in total. The van der Waals surface area contributed by atoms with E-state index >= 15 is 0 Å². The van der Waals surface area contributed by atoms with Crippen molar-refractivity contribution in [3.63, 3.8) is 0 Å². The number of aromatic nitrogens is 3. The second kappa shape index (κ2) is 10.8. The Hall–Kier alpha value is -4.20. The van der Waals surface area contributed by atoms with Gasteiger partial charge in [-0.2, -0.15) is 0 Å². The number of nitrogens with zero attached hydrogens (tertiary/aromatic N) is 3. The number of nitrogens with one attached hydrogen (secondary N) is 2. The summed E-state index contributed by atoms with van der Waals surface area (Å²) in [7, 11) is 0. The second-order valence-electron chi connectivity index (χ2n) is 8.60. The van der Waals surface area contributed by atoms with Gasteiger partial charge in [0.15, 0.2) is 5.65 Å². The molecule has 2 aromatic heterocycles. The summed E-state index contributed by atoms with van der Waals surface area (Å²) in [6, 6.07) is 18.8. The van der Waals surface area contributed by atoms with Crippen molar-refractivity contribution in [3.05, 3.63) is 99.6 Å². The molecule has 0 spiro atoms. The molecule has 8 heteroatoms. The first kappa shape index (κ1) is 23.9. The molecule has 4 aromatic rings. The van der Waals surface area contributed by atoms with Gasteiger partial charge in [-0.05, 0) is 55.2 Å². The second-order valence-corrected chi connectivity index (χ2v) is 8.60. The molecule has 0 aliphatic rings. The predicted molar refractivity (Wildman–Crippen MR) is 135 cm³/mol. The Bertz CT molecular complexity index is 1390. The van der Waals surface area contributed by atoms with Crippen LogP contribution in [0.5, 0.6) is 0 Å². The average Bonchev–Trinajstić information content (AvgIpc) is 3.17. The summed E-state index contributed by atoms with van der Waals surface area (Å²) in [5.74, 6) is -0.653. The number of hydrogen-bond acceptors (Lipinski definition) is 4. The Morgan fingerprint density at radius 3 is 2.37 bits per heavy atom. The normalized spacial score (nSPS) is 10.9. The number of carbonyl (C=O) groups is 2. The molecule has 35 heavy (non-hydrogen) atoms. The number of pyridine rings is 1. The van der Waals surface area contributed by atoms with Crippen molar-refractivity contribution in [2.45, 2.75) is 46.2 Å². The van der Waals surface area contributed by atoms with Gasteiger partial charge in [-0.1, -0.05) is 55.3 Å². The summed E-state index contributed by atoms with van der Waals surface area (Å²) in [4.78, 5) is 37.9. The zero-order valence-corrected chi connectivity index (χ0v) is 20.0. The molecule has 0 bridgehead atoms. The van der Waals surface area contributed by atoms with E-state index in [9.17, 15) is 14.4 Å². The highest BCUT2D eigenvalue weighted by atomic mass is 16.2. The molecule has 0 radical (unpaired) electrons. The fourth-order valence-electron chi connectivity index (χ4n) is 3.72. The van der Waals surface area contributed by atoms with Gasteiger partial charge in [0.1, 0.15) is 6.54 Å². The SMILES string of the molecule is CCCCc1ccc(NC(=O)Cn2nc3ccc(C(=O)NCc4ccc(C)cc4)cn3c2=O)cc1. The number of unbranched alkanes of at least 4 members (excludes halogenated alkanes) is 1. The van der Waals surface area contributed by atoms with Crippen LogP contribution in [0.2, 0.25) is 0 Å². The van der Waals surface area contributed by atoms with E-state index in [-0.39, 0.29) is 18.4 Å². The summed E-state index contributed by atoms with van der Waals surface area (Å²) in [6.07, 6.45) is 4.70. The van der Waals surface area contributed by atoms with Crippen LogP contribution < -0.4 is 16.3 Å². The monoisotopic (exact) mass is 471 g/mol. The lowest BCUT2D eigenvalue weighted by molar-refractivity contribution is -0.117. The maximum absolute atomic E-state index is 12.8. The lowest BCUT2D eigenvalue weighted by atomic mass is 10.1. The Kier molecular flexibility index (Phi) is 7.40. The first-order valence-electron chi connectivity index (χ1n) is 11.7. The number of anilines is 1. The molecule has 0 saturated heterocycles. The number of benzene rings is 2. The van der Waals surface area contributed by atoms with Crippen molar-refractivity contribution in [2.75, 3.05) is 5.32 Å². The standard InChI is InChI=1S/C27H29N5O3/c1-3-4-5-20-10-13-23(14-11-20)29-25(33)18-32-27(35)31-17-22(12-15-24(31)30-32)26(34)28-16-21-8-6-19(2)7-9-21/h6-15,17H,3-5,16,18H2,1-2H3,(H,28,34)(H,29,33). The molecule has 0 atom stereocenters. The van der Waals surface area contributed by atoms with Crippen LogP contribution in [0.4, 0.5) is 5.69 Å². The summed E-state index contributed by atoms with van der Waals surface area (Å²) in [5.41, 5.74) is 4.22. The first-order valence-corrected chi connectivity index (χ1v) is 11.7. The number of rotatable bonds is 9. The molecule has 2 heterocycles. The van der Waals surface area contributed by atoms with Gasteiger partial charge in [-0.3, -0.25) is 9.59 Å². The highest BCUT2D eigenvalue weighted by molar-refractivity contribution is 5.94. The summed E-state index contributed by atoms with van der Waals surface area (Å²) < 4.78 is 2.37. The van der Waals surface area contributed by atoms with Crippen molar-refractivity contribution < 1.29 is 9.59 Å². The topological polar surface area (TPSA) is 97.5 Å². The average molecular weight is 472 g/mol. The molecule has 2 aromatic carbocycles. The molecule has 0 aliphatic heterocycles. The molecular weight excluding hydrogens is 442 g/mol. The number of hydrogen-bond donors (Lipinski definition) is 2. The van der Waals surface area contributed by atoms with Gasteiger partial charge >= 0.3 is 5.69 Å². The fourth-order valence-corrected chi connectivity index (χ4v) is 3.72. The van der Waals surface area contributed by atoms with Gasteiger partial charge in [-0.25, -0.2) is 13.9 Å². The zero-order valence-electron chi connectivity index (χ0n) is 20.0. The van der Waals surface area contributed by atoms with E-state index in [2.05, 4.69) is 22.7 Å². The van der Waals surface area contributed by atoms with Crippen LogP contribution >= 0.6 is 0 Å². The van der Waals surface area contributed by atoms with Crippen molar-refractivity contribution in [3.8, 4) is 0 Å². The molecule has 8 nitrogen and oxygen atoms in total. The van der Waals surface area contributed by atoms with E-state index in [1.54, 1.807) is 12.1 Å². The van der Waals surface area contributed by atoms with Gasteiger partial charge in [0.2, 0.25) is 5.91 Å².